The van der Waals surface area contributed by atoms with Crippen LogP contribution in [0, 0.1) is 5.92 Å². The summed E-state index contributed by atoms with van der Waals surface area (Å²) < 4.78 is 16.5. The van der Waals surface area contributed by atoms with Gasteiger partial charge in [0.15, 0.2) is 12.4 Å². The molecule has 3 rings (SSSR count). The van der Waals surface area contributed by atoms with Crippen molar-refractivity contribution in [2.24, 2.45) is 5.92 Å². The van der Waals surface area contributed by atoms with Crippen molar-refractivity contribution in [3.05, 3.63) is 47.7 Å². The highest BCUT2D eigenvalue weighted by Crippen LogP contribution is 2.18. The number of benzene rings is 1. The number of carbonyl (C=O) groups is 5. The lowest BCUT2D eigenvalue weighted by atomic mass is 10.0. The van der Waals surface area contributed by atoms with E-state index in [2.05, 4.69) is 21.3 Å². The third kappa shape index (κ3) is 12.5. The largest absolute Gasteiger partial charge is 0.484 e. The SMILES string of the molecule is CCOc1ccc(C(=O)N2CCCCNC(=O)[C@H]([C@@H](C)O)NC(=O)[C@@H](CC(C)C)NC(=O)Cc3cccc(c3)OCC(=O)NCCC2)o1. The third-order valence-corrected chi connectivity index (χ3v) is 7.50. The number of aliphatic hydroxyl groups is 1. The molecule has 1 aliphatic heterocycles. The molecule has 0 radical (unpaired) electrons. The van der Waals surface area contributed by atoms with Gasteiger partial charge < -0.3 is 45.2 Å². The molecule has 1 aromatic carbocycles. The van der Waals surface area contributed by atoms with Crippen LogP contribution >= 0.6 is 0 Å². The number of hydrogen-bond acceptors (Lipinski definition) is 9. The van der Waals surface area contributed by atoms with Gasteiger partial charge >= 0.3 is 0 Å². The standard InChI is InChI=1S/C34H49N5O9/c1-5-46-30-13-12-27(48-30)34(45)39-16-7-6-14-36-33(44)31(23(4)40)38-32(43)26(18-22(2)3)37-28(41)20-24-10-8-11-25(19-24)47-21-29(42)35-15-9-17-39/h8,10-13,19,22-23,26,31,40H,5-7,9,14-18,20-21H2,1-4H3,(H,35,42)(H,36,44)(H,37,41)(H,38,43)/t23-,26-,31+/m1/s1. The van der Waals surface area contributed by atoms with E-state index in [9.17, 15) is 29.1 Å². The fraction of sp³-hybridized carbons (Fsp3) is 0.559. The molecule has 48 heavy (non-hydrogen) atoms. The van der Waals surface area contributed by atoms with Gasteiger partial charge in [-0.1, -0.05) is 26.0 Å². The van der Waals surface area contributed by atoms with Crippen molar-refractivity contribution in [2.45, 2.75) is 78.0 Å². The predicted molar refractivity (Wildman–Crippen MR) is 176 cm³/mol. The van der Waals surface area contributed by atoms with Crippen LogP contribution in [0.3, 0.4) is 0 Å². The summed E-state index contributed by atoms with van der Waals surface area (Å²) in [6.07, 6.45) is 0.549. The van der Waals surface area contributed by atoms with Crippen molar-refractivity contribution in [2.75, 3.05) is 39.4 Å². The van der Waals surface area contributed by atoms with Crippen molar-refractivity contribution < 1.29 is 43.0 Å². The second kappa shape index (κ2) is 19.3. The minimum absolute atomic E-state index is 0.0422. The zero-order chi connectivity index (χ0) is 35.1. The lowest BCUT2D eigenvalue weighted by Crippen LogP contribution is -2.57. The van der Waals surface area contributed by atoms with Gasteiger partial charge in [-0.25, -0.2) is 0 Å². The van der Waals surface area contributed by atoms with Crippen LogP contribution in [0.5, 0.6) is 11.7 Å². The van der Waals surface area contributed by atoms with Crippen LogP contribution < -0.4 is 30.7 Å². The first kappa shape index (κ1) is 37.9. The topological polar surface area (TPSA) is 189 Å². The summed E-state index contributed by atoms with van der Waals surface area (Å²) in [6, 6.07) is 7.70. The molecule has 5 N–H and O–H groups in total. The van der Waals surface area contributed by atoms with E-state index in [1.807, 2.05) is 20.8 Å². The maximum Gasteiger partial charge on any atom is 0.289 e. The molecule has 264 valence electrons. The smallest absolute Gasteiger partial charge is 0.289 e. The predicted octanol–water partition coefficient (Wildman–Crippen LogP) is 1.55. The second-order valence-electron chi connectivity index (χ2n) is 12.1. The van der Waals surface area contributed by atoms with E-state index >= 15 is 0 Å². The van der Waals surface area contributed by atoms with Crippen molar-refractivity contribution in [3.63, 3.8) is 0 Å². The molecule has 0 aliphatic carbocycles. The highest BCUT2D eigenvalue weighted by molar-refractivity contribution is 5.93. The Morgan fingerprint density at radius 2 is 1.71 bits per heavy atom. The van der Waals surface area contributed by atoms with E-state index in [4.69, 9.17) is 13.9 Å². The summed E-state index contributed by atoms with van der Waals surface area (Å²) in [5, 5.41) is 21.3. The van der Waals surface area contributed by atoms with Gasteiger partial charge in [0.25, 0.3) is 17.8 Å². The maximum absolute atomic E-state index is 13.3. The lowest BCUT2D eigenvalue weighted by molar-refractivity contribution is -0.134. The highest BCUT2D eigenvalue weighted by Gasteiger charge is 2.30. The average molecular weight is 672 g/mol. The van der Waals surface area contributed by atoms with Gasteiger partial charge in [-0.3, -0.25) is 24.0 Å². The van der Waals surface area contributed by atoms with Crippen LogP contribution in [-0.4, -0.2) is 97.1 Å². The van der Waals surface area contributed by atoms with Crippen LogP contribution in [-0.2, 0) is 25.6 Å². The van der Waals surface area contributed by atoms with E-state index in [0.29, 0.717) is 63.2 Å². The van der Waals surface area contributed by atoms with Crippen LogP contribution in [0.2, 0.25) is 0 Å². The third-order valence-electron chi connectivity index (χ3n) is 7.50. The molecule has 2 aromatic rings. The number of ether oxygens (including phenoxy) is 2. The summed E-state index contributed by atoms with van der Waals surface area (Å²) >= 11 is 0. The highest BCUT2D eigenvalue weighted by atomic mass is 16.6. The van der Waals surface area contributed by atoms with Crippen molar-refractivity contribution in [1.29, 1.82) is 0 Å². The van der Waals surface area contributed by atoms with Crippen molar-refractivity contribution >= 4 is 29.5 Å². The molecular formula is C34H49N5O9. The number of aliphatic hydroxyl groups excluding tert-OH is 1. The maximum atomic E-state index is 13.3. The summed E-state index contributed by atoms with van der Waals surface area (Å²) in [5.74, 6) is -1.43. The molecule has 0 saturated carbocycles. The van der Waals surface area contributed by atoms with Crippen molar-refractivity contribution in [1.82, 2.24) is 26.2 Å². The first-order valence-electron chi connectivity index (χ1n) is 16.5. The molecule has 0 fully saturated rings. The molecule has 14 heteroatoms. The Kier molecular flexibility index (Phi) is 15.2. The number of rotatable bonds is 6. The molecule has 1 aliphatic rings. The van der Waals surface area contributed by atoms with Gasteiger partial charge in [-0.2, -0.15) is 0 Å². The first-order chi connectivity index (χ1) is 23.0. The van der Waals surface area contributed by atoms with E-state index < -0.39 is 35.9 Å². The van der Waals surface area contributed by atoms with Crippen LogP contribution in [0.25, 0.3) is 0 Å². The zero-order valence-electron chi connectivity index (χ0n) is 28.2. The Balaban J connectivity index is 1.77. The number of fused-ring (bicyclic) bond motifs is 2. The second-order valence-corrected chi connectivity index (χ2v) is 12.1. The van der Waals surface area contributed by atoms with Gasteiger partial charge in [0.1, 0.15) is 17.8 Å². The number of amides is 5. The summed E-state index contributed by atoms with van der Waals surface area (Å²) in [5.41, 5.74) is 0.611. The van der Waals surface area contributed by atoms with Crippen LogP contribution in [0.15, 0.2) is 40.8 Å². The number of carbonyl (C=O) groups excluding carboxylic acids is 5. The normalized spacial score (nSPS) is 20.3. The van der Waals surface area contributed by atoms with Gasteiger partial charge in [0, 0.05) is 32.2 Å². The molecule has 2 bridgehead atoms. The van der Waals surface area contributed by atoms with Crippen LogP contribution in [0.4, 0.5) is 0 Å². The fourth-order valence-electron chi connectivity index (χ4n) is 5.11. The Morgan fingerprint density at radius 3 is 2.44 bits per heavy atom. The number of nitrogens with one attached hydrogen (secondary N) is 4. The number of furan rings is 1. The Morgan fingerprint density at radius 1 is 0.958 bits per heavy atom. The van der Waals surface area contributed by atoms with E-state index in [-0.39, 0.29) is 49.0 Å². The molecule has 0 unspecified atom stereocenters. The van der Waals surface area contributed by atoms with E-state index in [0.717, 1.165) is 0 Å². The Labute approximate surface area is 281 Å². The zero-order valence-corrected chi connectivity index (χ0v) is 28.2. The number of hydrogen-bond donors (Lipinski definition) is 5. The molecule has 5 amide bonds. The van der Waals surface area contributed by atoms with E-state index in [1.165, 1.54) is 6.92 Å². The quantitative estimate of drug-likeness (QED) is 0.304. The molecule has 0 spiro atoms. The first-order valence-corrected chi connectivity index (χ1v) is 16.5. The molecule has 0 saturated heterocycles. The van der Waals surface area contributed by atoms with Crippen molar-refractivity contribution in [3.8, 4) is 11.7 Å². The van der Waals surface area contributed by atoms with Gasteiger partial charge in [-0.15, -0.1) is 0 Å². The average Bonchev–Trinajstić information content (AvgIpc) is 3.50. The minimum atomic E-state index is -1.24. The summed E-state index contributed by atoms with van der Waals surface area (Å²) in [7, 11) is 0. The van der Waals surface area contributed by atoms with E-state index in [1.54, 1.807) is 41.3 Å². The van der Waals surface area contributed by atoms with Crippen LogP contribution in [0.1, 0.15) is 69.5 Å². The molecule has 2 heterocycles. The van der Waals surface area contributed by atoms with Gasteiger partial charge in [0.2, 0.25) is 17.7 Å². The van der Waals surface area contributed by atoms with Gasteiger partial charge in [0.05, 0.1) is 19.1 Å². The fourth-order valence-corrected chi connectivity index (χ4v) is 5.11. The lowest BCUT2D eigenvalue weighted by Gasteiger charge is -2.26. The number of nitrogens with zero attached hydrogens (tertiary/aromatic N) is 1. The summed E-state index contributed by atoms with van der Waals surface area (Å²) in [4.78, 5) is 66.7. The molecule has 1 aromatic heterocycles. The molecular weight excluding hydrogens is 622 g/mol. The Bertz CT molecular complexity index is 1380. The minimum Gasteiger partial charge on any atom is -0.484 e. The summed E-state index contributed by atoms with van der Waals surface area (Å²) in [6.45, 7) is 8.38. The molecule has 14 nitrogen and oxygen atoms in total. The molecule has 3 atom stereocenters. The Hall–Kier alpha value is -4.59. The monoisotopic (exact) mass is 671 g/mol. The van der Waals surface area contributed by atoms with Gasteiger partial charge in [-0.05, 0) is 69.2 Å².